The van der Waals surface area contributed by atoms with Gasteiger partial charge in [-0.05, 0) is 31.0 Å². The van der Waals surface area contributed by atoms with Crippen LogP contribution in [-0.2, 0) is 11.2 Å². The minimum atomic E-state index is -0.620. The van der Waals surface area contributed by atoms with Crippen molar-refractivity contribution in [1.82, 2.24) is 15.4 Å². The first-order valence-corrected chi connectivity index (χ1v) is 6.04. The molecule has 0 saturated heterocycles. The van der Waals surface area contributed by atoms with Gasteiger partial charge in [-0.25, -0.2) is 9.18 Å². The zero-order valence-electron chi connectivity index (χ0n) is 10.7. The fourth-order valence-electron chi connectivity index (χ4n) is 1.73. The van der Waals surface area contributed by atoms with E-state index in [0.29, 0.717) is 0 Å². The van der Waals surface area contributed by atoms with Crippen LogP contribution in [-0.4, -0.2) is 28.0 Å². The molecule has 0 unspecified atom stereocenters. The van der Waals surface area contributed by atoms with Crippen LogP contribution >= 0.6 is 0 Å². The summed E-state index contributed by atoms with van der Waals surface area (Å²) >= 11 is 0. The summed E-state index contributed by atoms with van der Waals surface area (Å²) in [4.78, 5) is 11.7. The molecule has 1 N–H and O–H groups in total. The van der Waals surface area contributed by atoms with Crippen LogP contribution < -0.4 is 0 Å². The van der Waals surface area contributed by atoms with Crippen LogP contribution in [0.4, 0.5) is 4.39 Å². The van der Waals surface area contributed by atoms with E-state index in [2.05, 4.69) is 15.4 Å². The van der Waals surface area contributed by atoms with E-state index in [1.807, 2.05) is 6.92 Å². The van der Waals surface area contributed by atoms with Crippen LogP contribution in [0.15, 0.2) is 18.2 Å². The Hall–Kier alpha value is -2.24. The topological polar surface area (TPSA) is 67.9 Å². The number of aromatic amines is 1. The van der Waals surface area contributed by atoms with E-state index < -0.39 is 11.8 Å². The number of nitrogens with one attached hydrogen (secondary N) is 1. The van der Waals surface area contributed by atoms with Crippen LogP contribution in [0.3, 0.4) is 0 Å². The number of H-pyrrole nitrogens is 1. The summed E-state index contributed by atoms with van der Waals surface area (Å²) in [6, 6.07) is 4.82. The van der Waals surface area contributed by atoms with Gasteiger partial charge in [-0.1, -0.05) is 13.0 Å². The second-order valence-electron chi connectivity index (χ2n) is 3.91. The molecule has 0 fully saturated rings. The van der Waals surface area contributed by atoms with Gasteiger partial charge in [-0.2, -0.15) is 10.3 Å². The molecule has 0 saturated carbocycles. The first-order chi connectivity index (χ1) is 9.17. The zero-order valence-corrected chi connectivity index (χ0v) is 10.7. The van der Waals surface area contributed by atoms with Crippen molar-refractivity contribution in [3.05, 3.63) is 35.3 Å². The maximum atomic E-state index is 14.0. The molecule has 0 aliphatic carbocycles. The average Bonchev–Trinajstić information content (AvgIpc) is 2.88. The number of hydrogen-bond donors (Lipinski definition) is 1. The second-order valence-corrected chi connectivity index (χ2v) is 3.91. The van der Waals surface area contributed by atoms with E-state index in [1.165, 1.54) is 6.07 Å². The van der Waals surface area contributed by atoms with Crippen LogP contribution in [0, 0.1) is 5.82 Å². The summed E-state index contributed by atoms with van der Waals surface area (Å²) in [7, 11) is 0. The highest BCUT2D eigenvalue weighted by molar-refractivity contribution is 5.93. The van der Waals surface area contributed by atoms with Gasteiger partial charge in [0, 0.05) is 5.56 Å². The average molecular weight is 263 g/mol. The lowest BCUT2D eigenvalue weighted by Crippen LogP contribution is -2.07. The Morgan fingerprint density at radius 2 is 2.16 bits per heavy atom. The van der Waals surface area contributed by atoms with Crippen molar-refractivity contribution < 1.29 is 13.9 Å². The van der Waals surface area contributed by atoms with Gasteiger partial charge in [0.15, 0.2) is 5.69 Å². The maximum Gasteiger partial charge on any atom is 0.361 e. The lowest BCUT2D eigenvalue weighted by atomic mass is 10.1. The Bertz CT molecular complexity index is 595. The molecule has 2 rings (SSSR count). The number of ether oxygens (including phenoxy) is 1. The van der Waals surface area contributed by atoms with Crippen molar-refractivity contribution in [2.24, 2.45) is 0 Å². The van der Waals surface area contributed by atoms with Gasteiger partial charge in [0.2, 0.25) is 0 Å². The standard InChI is InChI=1S/C13H14FN3O2/c1-3-8-5-6-9(10(14)7-8)11-12(16-17-15-11)13(18)19-4-2/h5-7H,3-4H2,1-2H3,(H,15,16,17). The van der Waals surface area contributed by atoms with Crippen LogP contribution in [0.2, 0.25) is 0 Å². The number of nitrogens with zero attached hydrogens (tertiary/aromatic N) is 2. The molecule has 0 aliphatic rings. The summed E-state index contributed by atoms with van der Waals surface area (Å²) < 4.78 is 18.8. The summed E-state index contributed by atoms with van der Waals surface area (Å²) in [5, 5.41) is 9.87. The van der Waals surface area contributed by atoms with Gasteiger partial charge in [-0.15, -0.1) is 5.10 Å². The molecule has 6 heteroatoms. The molecular formula is C13H14FN3O2. The maximum absolute atomic E-state index is 14.0. The number of benzene rings is 1. The number of aryl methyl sites for hydroxylation is 1. The van der Waals surface area contributed by atoms with Crippen molar-refractivity contribution in [2.45, 2.75) is 20.3 Å². The Morgan fingerprint density at radius 1 is 1.37 bits per heavy atom. The van der Waals surface area contributed by atoms with E-state index in [-0.39, 0.29) is 23.6 Å². The quantitative estimate of drug-likeness (QED) is 0.860. The van der Waals surface area contributed by atoms with Gasteiger partial charge in [0.05, 0.1) is 6.61 Å². The lowest BCUT2D eigenvalue weighted by molar-refractivity contribution is 0.0520. The number of hydrogen-bond acceptors (Lipinski definition) is 4. The molecule has 0 bridgehead atoms. The molecule has 5 nitrogen and oxygen atoms in total. The highest BCUT2D eigenvalue weighted by Gasteiger charge is 2.21. The Labute approximate surface area is 109 Å². The molecule has 0 spiro atoms. The van der Waals surface area contributed by atoms with Crippen molar-refractivity contribution in [3.8, 4) is 11.3 Å². The summed E-state index contributed by atoms with van der Waals surface area (Å²) in [6.07, 6.45) is 0.737. The molecule has 19 heavy (non-hydrogen) atoms. The van der Waals surface area contributed by atoms with Gasteiger partial charge in [-0.3, -0.25) is 0 Å². The molecule has 0 atom stereocenters. The van der Waals surface area contributed by atoms with E-state index in [9.17, 15) is 9.18 Å². The molecule has 1 heterocycles. The van der Waals surface area contributed by atoms with Crippen LogP contribution in [0.5, 0.6) is 0 Å². The normalized spacial score (nSPS) is 10.5. The zero-order chi connectivity index (χ0) is 13.8. The van der Waals surface area contributed by atoms with Crippen LogP contribution in [0.25, 0.3) is 11.3 Å². The molecule has 0 amide bonds. The summed E-state index contributed by atoms with van der Waals surface area (Å²) in [5.41, 5.74) is 1.26. The molecular weight excluding hydrogens is 249 g/mol. The summed E-state index contributed by atoms with van der Waals surface area (Å²) in [6.45, 7) is 3.85. The van der Waals surface area contributed by atoms with E-state index in [0.717, 1.165) is 12.0 Å². The van der Waals surface area contributed by atoms with Crippen molar-refractivity contribution in [3.63, 3.8) is 0 Å². The van der Waals surface area contributed by atoms with Crippen molar-refractivity contribution in [1.29, 1.82) is 0 Å². The second kappa shape index (κ2) is 5.60. The fraction of sp³-hybridized carbons (Fsp3) is 0.308. The van der Waals surface area contributed by atoms with Gasteiger partial charge < -0.3 is 4.74 Å². The smallest absolute Gasteiger partial charge is 0.361 e. The number of carbonyl (C=O) groups is 1. The number of aromatic nitrogens is 3. The molecule has 100 valence electrons. The molecule has 0 aliphatic heterocycles. The highest BCUT2D eigenvalue weighted by atomic mass is 19.1. The van der Waals surface area contributed by atoms with Gasteiger partial charge in [0.1, 0.15) is 11.5 Å². The molecule has 0 radical (unpaired) electrons. The Kier molecular flexibility index (Phi) is 3.89. The SMILES string of the molecule is CCOC(=O)c1n[nH]nc1-c1ccc(CC)cc1F. The summed E-state index contributed by atoms with van der Waals surface area (Å²) in [5.74, 6) is -1.05. The minimum Gasteiger partial charge on any atom is -0.461 e. The third-order valence-electron chi connectivity index (χ3n) is 2.71. The van der Waals surface area contributed by atoms with Crippen molar-refractivity contribution >= 4 is 5.97 Å². The number of halogens is 1. The van der Waals surface area contributed by atoms with E-state index >= 15 is 0 Å². The minimum absolute atomic E-state index is 0.00926. The van der Waals surface area contributed by atoms with Gasteiger partial charge in [0.25, 0.3) is 0 Å². The molecule has 2 aromatic rings. The fourth-order valence-corrected chi connectivity index (χ4v) is 1.73. The number of rotatable bonds is 4. The monoisotopic (exact) mass is 263 g/mol. The lowest BCUT2D eigenvalue weighted by Gasteiger charge is -2.04. The van der Waals surface area contributed by atoms with E-state index in [1.54, 1.807) is 19.1 Å². The third-order valence-corrected chi connectivity index (χ3v) is 2.71. The first kappa shape index (κ1) is 13.2. The van der Waals surface area contributed by atoms with E-state index in [4.69, 9.17) is 4.74 Å². The predicted octanol–water partition coefficient (Wildman–Crippen LogP) is 2.35. The molecule has 1 aromatic heterocycles. The van der Waals surface area contributed by atoms with Crippen molar-refractivity contribution in [2.75, 3.05) is 6.61 Å². The molecule has 1 aromatic carbocycles. The predicted molar refractivity (Wildman–Crippen MR) is 67.1 cm³/mol. The highest BCUT2D eigenvalue weighted by Crippen LogP contribution is 2.24. The first-order valence-electron chi connectivity index (χ1n) is 6.04. The largest absolute Gasteiger partial charge is 0.461 e. The Morgan fingerprint density at radius 3 is 2.79 bits per heavy atom. The third kappa shape index (κ3) is 2.62. The van der Waals surface area contributed by atoms with Gasteiger partial charge >= 0.3 is 5.97 Å². The van der Waals surface area contributed by atoms with Crippen LogP contribution in [0.1, 0.15) is 29.9 Å². The number of esters is 1. The Balaban J connectivity index is 2.42. The number of carbonyl (C=O) groups excluding carboxylic acids is 1.